The first-order valence-corrected chi connectivity index (χ1v) is 14.5. The topological polar surface area (TPSA) is 134 Å². The molecule has 4 rings (SSSR count). The predicted octanol–water partition coefficient (Wildman–Crippen LogP) is 6.11. The molecule has 4 aromatic rings. The SMILES string of the molecule is Cc1cc([N+](=O)[O-])ccc1NC(=O)CSc1ccc(NC(=O)/C(=C/c2ccc(N(C)C)cc2)NC(=O)c2ccccc2)cc1. The second-order valence-electron chi connectivity index (χ2n) is 9.94. The van der Waals surface area contributed by atoms with Gasteiger partial charge in [0.05, 0.1) is 10.7 Å². The Labute approximate surface area is 259 Å². The molecule has 0 aliphatic heterocycles. The van der Waals surface area contributed by atoms with E-state index < -0.39 is 16.7 Å². The lowest BCUT2D eigenvalue weighted by Crippen LogP contribution is -2.30. The van der Waals surface area contributed by atoms with Crippen molar-refractivity contribution in [2.24, 2.45) is 0 Å². The van der Waals surface area contributed by atoms with E-state index in [9.17, 15) is 24.5 Å². The Morgan fingerprint density at radius 1 is 0.886 bits per heavy atom. The zero-order valence-electron chi connectivity index (χ0n) is 24.4. The average molecular weight is 610 g/mol. The number of nitrogens with one attached hydrogen (secondary N) is 3. The van der Waals surface area contributed by atoms with Gasteiger partial charge in [-0.2, -0.15) is 0 Å². The summed E-state index contributed by atoms with van der Waals surface area (Å²) in [5, 5.41) is 19.3. The number of hydrogen-bond donors (Lipinski definition) is 3. The molecule has 0 saturated heterocycles. The highest BCUT2D eigenvalue weighted by molar-refractivity contribution is 8.00. The summed E-state index contributed by atoms with van der Waals surface area (Å²) in [4.78, 5) is 51.9. The van der Waals surface area contributed by atoms with Crippen LogP contribution in [0.3, 0.4) is 0 Å². The molecule has 224 valence electrons. The summed E-state index contributed by atoms with van der Waals surface area (Å²) in [5.41, 5.74) is 3.81. The largest absolute Gasteiger partial charge is 0.378 e. The van der Waals surface area contributed by atoms with Crippen LogP contribution < -0.4 is 20.9 Å². The molecule has 0 aliphatic rings. The number of hydrogen-bond acceptors (Lipinski definition) is 7. The zero-order chi connectivity index (χ0) is 31.6. The number of non-ortho nitro benzene ring substituents is 1. The highest BCUT2D eigenvalue weighted by atomic mass is 32.2. The van der Waals surface area contributed by atoms with Crippen molar-refractivity contribution in [1.29, 1.82) is 0 Å². The minimum atomic E-state index is -0.496. The molecule has 3 N–H and O–H groups in total. The molecule has 3 amide bonds. The van der Waals surface area contributed by atoms with Crippen molar-refractivity contribution in [1.82, 2.24) is 5.32 Å². The number of thioether (sulfide) groups is 1. The van der Waals surface area contributed by atoms with Crippen LogP contribution in [0.5, 0.6) is 0 Å². The summed E-state index contributed by atoms with van der Waals surface area (Å²) < 4.78 is 0. The van der Waals surface area contributed by atoms with Crippen LogP contribution in [0.15, 0.2) is 108 Å². The van der Waals surface area contributed by atoms with Crippen LogP contribution in [0, 0.1) is 17.0 Å². The van der Waals surface area contributed by atoms with Gasteiger partial charge in [0, 0.05) is 53.7 Å². The van der Waals surface area contributed by atoms with E-state index in [1.54, 1.807) is 67.6 Å². The van der Waals surface area contributed by atoms with Gasteiger partial charge < -0.3 is 20.9 Å². The highest BCUT2D eigenvalue weighted by Crippen LogP contribution is 2.24. The molecule has 4 aromatic carbocycles. The second-order valence-corrected chi connectivity index (χ2v) is 11.0. The van der Waals surface area contributed by atoms with Crippen molar-refractivity contribution >= 4 is 58.3 Å². The molecule has 44 heavy (non-hydrogen) atoms. The van der Waals surface area contributed by atoms with Crippen molar-refractivity contribution < 1.29 is 19.3 Å². The van der Waals surface area contributed by atoms with Crippen molar-refractivity contribution in [3.05, 3.63) is 130 Å². The van der Waals surface area contributed by atoms with Crippen LogP contribution in [0.2, 0.25) is 0 Å². The number of rotatable bonds is 11. The van der Waals surface area contributed by atoms with Gasteiger partial charge in [0.25, 0.3) is 17.5 Å². The molecule has 10 nitrogen and oxygen atoms in total. The number of benzene rings is 4. The quantitative estimate of drug-likeness (QED) is 0.0809. The van der Waals surface area contributed by atoms with E-state index in [1.807, 2.05) is 43.3 Å². The van der Waals surface area contributed by atoms with E-state index in [2.05, 4.69) is 16.0 Å². The summed E-state index contributed by atoms with van der Waals surface area (Å²) in [5.74, 6) is -1.05. The summed E-state index contributed by atoms with van der Waals surface area (Å²) in [7, 11) is 3.87. The molecule has 0 aromatic heterocycles. The third-order valence-electron chi connectivity index (χ3n) is 6.43. The lowest BCUT2D eigenvalue weighted by atomic mass is 10.1. The summed E-state index contributed by atoms with van der Waals surface area (Å²) >= 11 is 1.30. The molecule has 0 bridgehead atoms. The normalized spacial score (nSPS) is 10.9. The van der Waals surface area contributed by atoms with E-state index in [-0.39, 0.29) is 23.0 Å². The Morgan fingerprint density at radius 2 is 1.57 bits per heavy atom. The standard InChI is InChI=1S/C33H31N5O5S/c1-22-19-27(38(42)43)15-18-29(22)35-31(39)21-44-28-16-11-25(12-17-28)34-33(41)30(36-32(40)24-7-5-4-6-8-24)20-23-9-13-26(14-10-23)37(2)3/h4-20H,21H2,1-3H3,(H,34,41)(H,35,39)(H,36,40)/b30-20-. The van der Waals surface area contributed by atoms with Crippen LogP contribution >= 0.6 is 11.8 Å². The Kier molecular flexibility index (Phi) is 10.5. The fraction of sp³-hybridized carbons (Fsp3) is 0.121. The molecular formula is C33H31N5O5S. The molecule has 0 aliphatic carbocycles. The number of nitrogens with zero attached hydrogens (tertiary/aromatic N) is 2. The summed E-state index contributed by atoms with van der Waals surface area (Å²) in [6.07, 6.45) is 1.62. The van der Waals surface area contributed by atoms with Crippen molar-refractivity contribution in [2.45, 2.75) is 11.8 Å². The van der Waals surface area contributed by atoms with Crippen molar-refractivity contribution in [3.8, 4) is 0 Å². The minimum absolute atomic E-state index is 0.0399. The molecule has 0 radical (unpaired) electrons. The first kappa shape index (κ1) is 31.5. The van der Waals surface area contributed by atoms with E-state index in [1.165, 1.54) is 30.0 Å². The van der Waals surface area contributed by atoms with Gasteiger partial charge in [0.1, 0.15) is 5.70 Å². The Bertz CT molecular complexity index is 1690. The molecule has 0 heterocycles. The third kappa shape index (κ3) is 8.79. The van der Waals surface area contributed by atoms with E-state index in [0.717, 1.165) is 16.1 Å². The number of nitro benzene ring substituents is 1. The number of aryl methyl sites for hydroxylation is 1. The van der Waals surface area contributed by atoms with Gasteiger partial charge in [-0.3, -0.25) is 24.5 Å². The van der Waals surface area contributed by atoms with Gasteiger partial charge in [-0.05, 0) is 78.7 Å². The van der Waals surface area contributed by atoms with Gasteiger partial charge >= 0.3 is 0 Å². The predicted molar refractivity (Wildman–Crippen MR) is 175 cm³/mol. The molecular weight excluding hydrogens is 578 g/mol. The van der Waals surface area contributed by atoms with Crippen LogP contribution in [0.4, 0.5) is 22.7 Å². The van der Waals surface area contributed by atoms with Crippen LogP contribution in [-0.2, 0) is 9.59 Å². The van der Waals surface area contributed by atoms with Crippen LogP contribution in [0.1, 0.15) is 21.5 Å². The first-order chi connectivity index (χ1) is 21.1. The van der Waals surface area contributed by atoms with Gasteiger partial charge in [-0.15, -0.1) is 11.8 Å². The van der Waals surface area contributed by atoms with Gasteiger partial charge in [-0.1, -0.05) is 30.3 Å². The fourth-order valence-corrected chi connectivity index (χ4v) is 4.75. The monoisotopic (exact) mass is 609 g/mol. The molecule has 0 fully saturated rings. The molecule has 11 heteroatoms. The lowest BCUT2D eigenvalue weighted by molar-refractivity contribution is -0.384. The first-order valence-electron chi connectivity index (χ1n) is 13.5. The Balaban J connectivity index is 1.40. The fourth-order valence-electron chi connectivity index (χ4n) is 4.05. The van der Waals surface area contributed by atoms with Gasteiger partial charge in [0.15, 0.2) is 0 Å². The van der Waals surface area contributed by atoms with Crippen molar-refractivity contribution in [3.63, 3.8) is 0 Å². The number of carbonyl (C=O) groups excluding carboxylic acids is 3. The Morgan fingerprint density at radius 3 is 2.18 bits per heavy atom. The summed E-state index contributed by atoms with van der Waals surface area (Å²) in [6.45, 7) is 1.69. The van der Waals surface area contributed by atoms with E-state index >= 15 is 0 Å². The smallest absolute Gasteiger partial charge is 0.272 e. The average Bonchev–Trinajstić information content (AvgIpc) is 3.02. The maximum Gasteiger partial charge on any atom is 0.272 e. The number of anilines is 3. The Hall–Kier alpha value is -5.42. The number of nitro groups is 1. The minimum Gasteiger partial charge on any atom is -0.378 e. The summed E-state index contributed by atoms with van der Waals surface area (Å²) in [6, 6.07) is 27.4. The van der Waals surface area contributed by atoms with E-state index in [0.29, 0.717) is 22.5 Å². The maximum absolute atomic E-state index is 13.3. The molecule has 0 atom stereocenters. The highest BCUT2D eigenvalue weighted by Gasteiger charge is 2.16. The van der Waals surface area contributed by atoms with Crippen LogP contribution in [0.25, 0.3) is 6.08 Å². The van der Waals surface area contributed by atoms with Crippen molar-refractivity contribution in [2.75, 3.05) is 35.4 Å². The number of carbonyl (C=O) groups is 3. The second kappa shape index (κ2) is 14.7. The lowest BCUT2D eigenvalue weighted by Gasteiger charge is -2.13. The number of amides is 3. The third-order valence-corrected chi connectivity index (χ3v) is 7.44. The zero-order valence-corrected chi connectivity index (χ0v) is 25.2. The van der Waals surface area contributed by atoms with Gasteiger partial charge in [-0.25, -0.2) is 0 Å². The molecule has 0 unspecified atom stereocenters. The van der Waals surface area contributed by atoms with E-state index in [4.69, 9.17) is 0 Å². The van der Waals surface area contributed by atoms with Gasteiger partial charge in [0.2, 0.25) is 5.91 Å². The molecule has 0 spiro atoms. The maximum atomic E-state index is 13.3. The van der Waals surface area contributed by atoms with Crippen LogP contribution in [-0.4, -0.2) is 42.5 Å². The molecule has 0 saturated carbocycles.